The van der Waals surface area contributed by atoms with Gasteiger partial charge in [0.15, 0.2) is 0 Å². The molecule has 1 aliphatic heterocycles. The highest BCUT2D eigenvalue weighted by Gasteiger charge is 2.36. The van der Waals surface area contributed by atoms with Crippen LogP contribution in [0, 0.1) is 15.9 Å². The number of hydrogen-bond donors (Lipinski definition) is 0. The Morgan fingerprint density at radius 1 is 1.00 bits per heavy atom. The maximum atomic E-state index is 13.1. The quantitative estimate of drug-likeness (QED) is 0.332. The number of non-ortho nitro benzene ring substituents is 1. The predicted octanol–water partition coefficient (Wildman–Crippen LogP) is 5.23. The van der Waals surface area contributed by atoms with E-state index in [1.54, 1.807) is 24.3 Å². The Balaban J connectivity index is 1.57. The number of nitrogens with zero attached hydrogens (tertiary/aromatic N) is 2. The molecule has 0 atom stereocenters. The summed E-state index contributed by atoms with van der Waals surface area (Å²) >= 11 is 0.756. The Morgan fingerprint density at radius 2 is 1.69 bits per heavy atom. The van der Waals surface area contributed by atoms with Gasteiger partial charge in [-0.05, 0) is 60.3 Å². The number of hydrogen-bond acceptors (Lipinski definition) is 6. The van der Waals surface area contributed by atoms with Crippen LogP contribution in [0.4, 0.5) is 20.6 Å². The first kappa shape index (κ1) is 18.6. The fourth-order valence-electron chi connectivity index (χ4n) is 2.74. The molecule has 29 heavy (non-hydrogen) atoms. The van der Waals surface area contributed by atoms with Crippen molar-refractivity contribution in [1.29, 1.82) is 0 Å². The standard InChI is InChI=1S/C20H11FN2O5S/c21-13-3-7-14(8-4-13)22-19(24)18(29-20(22)25)11-16-9-10-17(28-16)12-1-5-15(6-2-12)23(26)27/h1-11H/b18-11+. The van der Waals surface area contributed by atoms with Gasteiger partial charge in [0.25, 0.3) is 16.8 Å². The monoisotopic (exact) mass is 410 g/mol. The Labute approximate surface area is 167 Å². The highest BCUT2D eigenvalue weighted by Crippen LogP contribution is 2.36. The number of imide groups is 1. The molecule has 0 bridgehead atoms. The number of amides is 2. The maximum Gasteiger partial charge on any atom is 0.298 e. The van der Waals surface area contributed by atoms with Gasteiger partial charge in [-0.3, -0.25) is 19.7 Å². The molecule has 1 fully saturated rings. The summed E-state index contributed by atoms with van der Waals surface area (Å²) in [6, 6.07) is 14.2. The minimum atomic E-state index is -0.528. The maximum absolute atomic E-state index is 13.1. The Morgan fingerprint density at radius 3 is 2.34 bits per heavy atom. The van der Waals surface area contributed by atoms with Crippen molar-refractivity contribution in [1.82, 2.24) is 0 Å². The molecular formula is C20H11FN2O5S. The Hall–Kier alpha value is -3.72. The van der Waals surface area contributed by atoms with Gasteiger partial charge < -0.3 is 4.42 Å². The number of carbonyl (C=O) groups is 2. The molecule has 144 valence electrons. The summed E-state index contributed by atoms with van der Waals surface area (Å²) in [7, 11) is 0. The molecule has 2 aromatic carbocycles. The molecule has 4 rings (SSSR count). The van der Waals surface area contributed by atoms with Crippen LogP contribution >= 0.6 is 11.8 Å². The van der Waals surface area contributed by atoms with E-state index in [4.69, 9.17) is 4.42 Å². The fraction of sp³-hybridized carbons (Fsp3) is 0. The summed E-state index contributed by atoms with van der Waals surface area (Å²) in [5, 5.41) is 10.2. The normalized spacial score (nSPS) is 15.3. The van der Waals surface area contributed by atoms with Crippen LogP contribution in [0.3, 0.4) is 0 Å². The zero-order valence-corrected chi connectivity index (χ0v) is 15.4. The largest absolute Gasteiger partial charge is 0.457 e. The molecule has 0 radical (unpaired) electrons. The SMILES string of the molecule is O=C1S/C(=C/c2ccc(-c3ccc([N+](=O)[O-])cc3)o2)C(=O)N1c1ccc(F)cc1. The summed E-state index contributed by atoms with van der Waals surface area (Å²) in [6.07, 6.45) is 1.45. The molecule has 0 unspecified atom stereocenters. The first-order valence-electron chi connectivity index (χ1n) is 8.30. The lowest BCUT2D eigenvalue weighted by Crippen LogP contribution is -2.27. The highest BCUT2D eigenvalue weighted by molar-refractivity contribution is 8.19. The number of rotatable bonds is 4. The minimum absolute atomic E-state index is 0.0324. The van der Waals surface area contributed by atoms with Crippen molar-refractivity contribution in [3.8, 4) is 11.3 Å². The van der Waals surface area contributed by atoms with Gasteiger partial charge in [-0.1, -0.05) is 0 Å². The van der Waals surface area contributed by atoms with E-state index in [1.165, 1.54) is 42.5 Å². The zero-order valence-electron chi connectivity index (χ0n) is 14.6. The molecule has 2 amide bonds. The van der Waals surface area contributed by atoms with Gasteiger partial charge in [0.1, 0.15) is 17.3 Å². The molecule has 1 aromatic heterocycles. The second-order valence-electron chi connectivity index (χ2n) is 6.00. The Kier molecular flexibility index (Phi) is 4.73. The number of anilines is 1. The summed E-state index contributed by atoms with van der Waals surface area (Å²) in [5.74, 6) is -0.183. The van der Waals surface area contributed by atoms with Crippen LogP contribution < -0.4 is 4.90 Å². The van der Waals surface area contributed by atoms with Gasteiger partial charge in [-0.25, -0.2) is 9.29 Å². The van der Waals surface area contributed by atoms with Crippen LogP contribution in [0.15, 0.2) is 70.0 Å². The molecule has 0 N–H and O–H groups in total. The average molecular weight is 410 g/mol. The van der Waals surface area contributed by atoms with E-state index in [0.717, 1.165) is 16.7 Å². The molecule has 1 saturated heterocycles. The van der Waals surface area contributed by atoms with Crippen molar-refractivity contribution in [3.63, 3.8) is 0 Å². The van der Waals surface area contributed by atoms with Crippen molar-refractivity contribution in [3.05, 3.63) is 87.3 Å². The summed E-state index contributed by atoms with van der Waals surface area (Å²) in [4.78, 5) is 36.2. The molecule has 1 aliphatic rings. The second-order valence-corrected chi connectivity index (χ2v) is 6.99. The number of nitro benzene ring substituents is 1. The number of thioether (sulfide) groups is 1. The number of furan rings is 1. The minimum Gasteiger partial charge on any atom is -0.457 e. The lowest BCUT2D eigenvalue weighted by molar-refractivity contribution is -0.384. The van der Waals surface area contributed by atoms with Crippen molar-refractivity contribution < 1.29 is 23.3 Å². The van der Waals surface area contributed by atoms with Crippen LogP contribution in [0.5, 0.6) is 0 Å². The number of nitro groups is 1. The van der Waals surface area contributed by atoms with E-state index in [9.17, 15) is 24.1 Å². The first-order valence-corrected chi connectivity index (χ1v) is 9.12. The topological polar surface area (TPSA) is 93.7 Å². The number of halogens is 1. The lowest BCUT2D eigenvalue weighted by Gasteiger charge is -2.11. The van der Waals surface area contributed by atoms with Gasteiger partial charge in [-0.15, -0.1) is 0 Å². The second kappa shape index (κ2) is 7.36. The van der Waals surface area contributed by atoms with Gasteiger partial charge in [0.2, 0.25) is 0 Å². The average Bonchev–Trinajstić information content (AvgIpc) is 3.28. The van der Waals surface area contributed by atoms with Crippen LogP contribution in [-0.4, -0.2) is 16.1 Å². The van der Waals surface area contributed by atoms with Gasteiger partial charge >= 0.3 is 0 Å². The third-order valence-corrected chi connectivity index (χ3v) is 5.01. The van der Waals surface area contributed by atoms with Crippen LogP contribution in [-0.2, 0) is 4.79 Å². The number of benzene rings is 2. The van der Waals surface area contributed by atoms with Crippen LogP contribution in [0.2, 0.25) is 0 Å². The summed E-state index contributed by atoms with van der Waals surface area (Å²) in [6.45, 7) is 0. The van der Waals surface area contributed by atoms with E-state index in [2.05, 4.69) is 0 Å². The van der Waals surface area contributed by atoms with Gasteiger partial charge in [0.05, 0.1) is 15.5 Å². The molecular weight excluding hydrogens is 399 g/mol. The van der Waals surface area contributed by atoms with Crippen molar-refractivity contribution in [2.75, 3.05) is 4.90 Å². The van der Waals surface area contributed by atoms with E-state index in [1.807, 2.05) is 0 Å². The summed E-state index contributed by atoms with van der Waals surface area (Å²) < 4.78 is 18.8. The van der Waals surface area contributed by atoms with Crippen molar-refractivity contribution in [2.45, 2.75) is 0 Å². The first-order chi connectivity index (χ1) is 13.9. The molecule has 0 spiro atoms. The van der Waals surface area contributed by atoms with E-state index >= 15 is 0 Å². The number of carbonyl (C=O) groups excluding carboxylic acids is 2. The molecule has 0 aliphatic carbocycles. The molecule has 2 heterocycles. The molecule has 7 nitrogen and oxygen atoms in total. The summed E-state index contributed by atoms with van der Waals surface area (Å²) in [5.41, 5.74) is 0.882. The van der Waals surface area contributed by atoms with E-state index in [-0.39, 0.29) is 16.3 Å². The van der Waals surface area contributed by atoms with Crippen LogP contribution in [0.25, 0.3) is 17.4 Å². The third kappa shape index (κ3) is 3.67. The molecule has 9 heteroatoms. The van der Waals surface area contributed by atoms with Crippen molar-refractivity contribution >= 4 is 40.4 Å². The predicted molar refractivity (Wildman–Crippen MR) is 106 cm³/mol. The van der Waals surface area contributed by atoms with Crippen molar-refractivity contribution in [2.24, 2.45) is 0 Å². The zero-order chi connectivity index (χ0) is 20.5. The highest BCUT2D eigenvalue weighted by atomic mass is 32.2. The molecule has 0 saturated carbocycles. The van der Waals surface area contributed by atoms with Gasteiger partial charge in [-0.2, -0.15) is 0 Å². The van der Waals surface area contributed by atoms with Crippen LogP contribution in [0.1, 0.15) is 5.76 Å². The van der Waals surface area contributed by atoms with E-state index in [0.29, 0.717) is 17.1 Å². The fourth-order valence-corrected chi connectivity index (χ4v) is 3.56. The molecule has 3 aromatic rings. The lowest BCUT2D eigenvalue weighted by atomic mass is 10.1. The Bertz CT molecular complexity index is 1150. The third-order valence-electron chi connectivity index (χ3n) is 4.14. The smallest absolute Gasteiger partial charge is 0.298 e. The van der Waals surface area contributed by atoms with Gasteiger partial charge in [0, 0.05) is 23.8 Å². The van der Waals surface area contributed by atoms with E-state index < -0.39 is 21.9 Å².